The van der Waals surface area contributed by atoms with Crippen molar-refractivity contribution in [2.75, 3.05) is 11.4 Å². The lowest BCUT2D eigenvalue weighted by Crippen LogP contribution is -2.31. The Hall–Kier alpha value is -2.80. The van der Waals surface area contributed by atoms with Crippen LogP contribution in [-0.2, 0) is 13.0 Å². The summed E-state index contributed by atoms with van der Waals surface area (Å²) < 4.78 is 33.6. The molecule has 0 spiro atoms. The molecule has 0 unspecified atom stereocenters. The number of hydrogen-bond acceptors (Lipinski definition) is 5. The van der Waals surface area contributed by atoms with Crippen LogP contribution < -0.4 is 9.64 Å². The van der Waals surface area contributed by atoms with Gasteiger partial charge in [-0.2, -0.15) is 4.98 Å². The highest BCUT2D eigenvalue weighted by molar-refractivity contribution is 6.31. The van der Waals surface area contributed by atoms with E-state index in [0.29, 0.717) is 24.0 Å². The van der Waals surface area contributed by atoms with Crippen LogP contribution >= 0.6 is 11.6 Å². The number of pyridine rings is 1. The van der Waals surface area contributed by atoms with Crippen LogP contribution in [0.1, 0.15) is 17.7 Å². The fourth-order valence-electron chi connectivity index (χ4n) is 3.00. The van der Waals surface area contributed by atoms with Crippen LogP contribution in [0.25, 0.3) is 0 Å². The summed E-state index contributed by atoms with van der Waals surface area (Å²) in [5, 5.41) is -0.210. The standard InChI is InChI=1S/C19H15ClF2N4O/c20-18-13(14(21)5-6-15(18)22)11-26-8-2-4-16-19(26)25-17(10-24-16)27-12-3-1-7-23-9-12/h1,3,5-7,9-10H,2,4,8,11H2. The number of hydrogen-bond donors (Lipinski definition) is 0. The van der Waals surface area contributed by atoms with Crippen LogP contribution in [0.4, 0.5) is 14.6 Å². The number of rotatable bonds is 4. The summed E-state index contributed by atoms with van der Waals surface area (Å²) in [6, 6.07) is 5.61. The van der Waals surface area contributed by atoms with E-state index in [-0.39, 0.29) is 17.1 Å². The molecule has 0 saturated carbocycles. The Kier molecular flexibility index (Phi) is 4.85. The molecule has 0 saturated heterocycles. The molecular weight excluding hydrogens is 374 g/mol. The first-order valence-corrected chi connectivity index (χ1v) is 8.81. The molecule has 0 radical (unpaired) electrons. The Labute approximate surface area is 159 Å². The summed E-state index contributed by atoms with van der Waals surface area (Å²) in [6.45, 7) is 0.727. The SMILES string of the molecule is Fc1ccc(F)c(CN2CCCc3ncc(Oc4cccnc4)nc32)c1Cl. The Bertz CT molecular complexity index is 971. The molecule has 8 heteroatoms. The highest BCUT2D eigenvalue weighted by Gasteiger charge is 2.23. The predicted octanol–water partition coefficient (Wildman–Crippen LogP) is 4.55. The zero-order valence-electron chi connectivity index (χ0n) is 14.2. The van der Waals surface area contributed by atoms with Crippen molar-refractivity contribution in [2.24, 2.45) is 0 Å². The number of ether oxygens (including phenoxy) is 1. The molecule has 0 atom stereocenters. The Balaban J connectivity index is 1.64. The number of halogens is 3. The van der Waals surface area contributed by atoms with Crippen molar-refractivity contribution < 1.29 is 13.5 Å². The molecule has 0 N–H and O–H groups in total. The smallest absolute Gasteiger partial charge is 0.239 e. The number of aromatic nitrogens is 3. The fraction of sp³-hybridized carbons (Fsp3) is 0.211. The molecule has 0 bridgehead atoms. The third kappa shape index (κ3) is 3.68. The molecule has 3 heterocycles. The Morgan fingerprint density at radius 1 is 1.15 bits per heavy atom. The molecule has 4 rings (SSSR count). The minimum atomic E-state index is -0.648. The van der Waals surface area contributed by atoms with Gasteiger partial charge in [0.25, 0.3) is 0 Å². The summed E-state index contributed by atoms with van der Waals surface area (Å²) in [5.41, 5.74) is 0.887. The first-order chi connectivity index (χ1) is 13.1. The molecule has 0 fully saturated rings. The van der Waals surface area contributed by atoms with Crippen molar-refractivity contribution in [3.8, 4) is 11.6 Å². The average molecular weight is 389 g/mol. The number of fused-ring (bicyclic) bond motifs is 1. The maximum absolute atomic E-state index is 14.2. The second kappa shape index (κ2) is 7.44. The normalized spacial score (nSPS) is 13.4. The van der Waals surface area contributed by atoms with Crippen LogP contribution in [0.15, 0.2) is 42.9 Å². The fourth-order valence-corrected chi connectivity index (χ4v) is 3.21. The number of anilines is 1. The van der Waals surface area contributed by atoms with Crippen molar-refractivity contribution in [3.05, 3.63) is 70.8 Å². The lowest BCUT2D eigenvalue weighted by atomic mass is 10.1. The molecule has 5 nitrogen and oxygen atoms in total. The van der Waals surface area contributed by atoms with Gasteiger partial charge >= 0.3 is 0 Å². The largest absolute Gasteiger partial charge is 0.436 e. The van der Waals surface area contributed by atoms with E-state index in [4.69, 9.17) is 16.3 Å². The van der Waals surface area contributed by atoms with Crippen LogP contribution in [0.5, 0.6) is 11.6 Å². The van der Waals surface area contributed by atoms with Crippen molar-refractivity contribution in [1.82, 2.24) is 15.0 Å². The maximum Gasteiger partial charge on any atom is 0.239 e. The molecule has 3 aromatic rings. The molecule has 1 aromatic carbocycles. The Morgan fingerprint density at radius 2 is 2.00 bits per heavy atom. The minimum Gasteiger partial charge on any atom is -0.436 e. The summed E-state index contributed by atoms with van der Waals surface area (Å²) in [5.74, 6) is 0.226. The van der Waals surface area contributed by atoms with E-state index in [1.807, 2.05) is 4.90 Å². The quantitative estimate of drug-likeness (QED) is 0.614. The van der Waals surface area contributed by atoms with Gasteiger partial charge in [0.2, 0.25) is 5.88 Å². The molecule has 1 aliphatic heterocycles. The molecule has 0 aliphatic carbocycles. The predicted molar refractivity (Wildman–Crippen MR) is 97.1 cm³/mol. The summed E-state index contributed by atoms with van der Waals surface area (Å²) in [6.07, 6.45) is 6.35. The lowest BCUT2D eigenvalue weighted by Gasteiger charge is -2.30. The van der Waals surface area contributed by atoms with E-state index in [0.717, 1.165) is 30.7 Å². The van der Waals surface area contributed by atoms with E-state index >= 15 is 0 Å². The van der Waals surface area contributed by atoms with Crippen LogP contribution in [0.3, 0.4) is 0 Å². The van der Waals surface area contributed by atoms with Crippen LogP contribution in [0.2, 0.25) is 5.02 Å². The van der Waals surface area contributed by atoms with Crippen molar-refractivity contribution in [2.45, 2.75) is 19.4 Å². The van der Waals surface area contributed by atoms with Crippen LogP contribution in [-0.4, -0.2) is 21.5 Å². The zero-order chi connectivity index (χ0) is 18.8. The van der Waals surface area contributed by atoms with Gasteiger partial charge < -0.3 is 9.64 Å². The number of nitrogens with zero attached hydrogens (tertiary/aromatic N) is 4. The molecule has 2 aromatic heterocycles. The van der Waals surface area contributed by atoms with Gasteiger partial charge in [-0.15, -0.1) is 0 Å². The third-order valence-electron chi connectivity index (χ3n) is 4.29. The molecule has 1 aliphatic rings. The second-order valence-corrected chi connectivity index (χ2v) is 6.49. The second-order valence-electron chi connectivity index (χ2n) is 6.12. The monoisotopic (exact) mass is 388 g/mol. The van der Waals surface area contributed by atoms with Gasteiger partial charge in [-0.25, -0.2) is 8.78 Å². The van der Waals surface area contributed by atoms with Crippen LogP contribution in [0, 0.1) is 11.6 Å². The summed E-state index contributed by atoms with van der Waals surface area (Å²) in [7, 11) is 0. The van der Waals surface area contributed by atoms with Gasteiger partial charge in [0.1, 0.15) is 17.4 Å². The summed E-state index contributed by atoms with van der Waals surface area (Å²) in [4.78, 5) is 14.8. The highest BCUT2D eigenvalue weighted by Crippen LogP contribution is 2.31. The van der Waals surface area contributed by atoms with Crippen molar-refractivity contribution in [1.29, 1.82) is 0 Å². The zero-order valence-corrected chi connectivity index (χ0v) is 15.0. The van der Waals surface area contributed by atoms with Crippen molar-refractivity contribution in [3.63, 3.8) is 0 Å². The van der Waals surface area contributed by atoms with Gasteiger partial charge in [-0.05, 0) is 37.1 Å². The van der Waals surface area contributed by atoms with Gasteiger partial charge in [-0.3, -0.25) is 9.97 Å². The average Bonchev–Trinajstić information content (AvgIpc) is 2.69. The van der Waals surface area contributed by atoms with Gasteiger partial charge in [0.05, 0.1) is 23.1 Å². The van der Waals surface area contributed by atoms with Gasteiger partial charge in [0, 0.05) is 24.8 Å². The van der Waals surface area contributed by atoms with E-state index < -0.39 is 11.6 Å². The molecule has 138 valence electrons. The lowest BCUT2D eigenvalue weighted by molar-refractivity contribution is 0.454. The first-order valence-electron chi connectivity index (χ1n) is 8.43. The van der Waals surface area contributed by atoms with Gasteiger partial charge in [-0.1, -0.05) is 11.6 Å². The van der Waals surface area contributed by atoms with E-state index in [2.05, 4.69) is 15.0 Å². The maximum atomic E-state index is 14.2. The molecular formula is C19H15ClF2N4O. The van der Waals surface area contributed by atoms with Crippen molar-refractivity contribution >= 4 is 17.4 Å². The topological polar surface area (TPSA) is 51.1 Å². The highest BCUT2D eigenvalue weighted by atomic mass is 35.5. The van der Waals surface area contributed by atoms with Gasteiger partial charge in [0.15, 0.2) is 5.82 Å². The minimum absolute atomic E-state index is 0.0977. The molecule has 0 amide bonds. The summed E-state index contributed by atoms with van der Waals surface area (Å²) >= 11 is 5.97. The number of aryl methyl sites for hydroxylation is 1. The first kappa shape index (κ1) is 17.6. The van der Waals surface area contributed by atoms with E-state index in [1.165, 1.54) is 0 Å². The number of benzene rings is 1. The molecule has 27 heavy (non-hydrogen) atoms. The van der Waals surface area contributed by atoms with E-state index in [9.17, 15) is 8.78 Å². The Morgan fingerprint density at radius 3 is 2.81 bits per heavy atom. The van der Waals surface area contributed by atoms with E-state index in [1.54, 1.807) is 30.7 Å². The third-order valence-corrected chi connectivity index (χ3v) is 4.70.